The Morgan fingerprint density at radius 2 is 1.67 bits per heavy atom. The van der Waals surface area contributed by atoms with Crippen molar-refractivity contribution in [2.75, 3.05) is 18.0 Å². The molecule has 0 spiro atoms. The lowest BCUT2D eigenvalue weighted by Crippen LogP contribution is -2.32. The predicted octanol–water partition coefficient (Wildman–Crippen LogP) is 4.25. The van der Waals surface area contributed by atoms with Crippen molar-refractivity contribution in [2.24, 2.45) is 0 Å². The molecular formula is C23H28N2O2. The SMILES string of the molecule is CC(=O)NCc1ccc(C2CCN(c3ccc(OC4CC4)cc3)CC2)cc1. The second-order valence-corrected chi connectivity index (χ2v) is 7.72. The minimum absolute atomic E-state index is 0.0126. The van der Waals surface area contributed by atoms with Gasteiger partial charge in [0.15, 0.2) is 0 Å². The summed E-state index contributed by atoms with van der Waals surface area (Å²) in [5, 5.41) is 2.85. The van der Waals surface area contributed by atoms with Crippen molar-refractivity contribution < 1.29 is 9.53 Å². The van der Waals surface area contributed by atoms with E-state index in [1.807, 2.05) is 0 Å². The first-order valence-electron chi connectivity index (χ1n) is 10.0. The molecule has 2 aliphatic rings. The Morgan fingerprint density at radius 3 is 2.26 bits per heavy atom. The smallest absolute Gasteiger partial charge is 0.217 e. The van der Waals surface area contributed by atoms with Crippen LogP contribution >= 0.6 is 0 Å². The van der Waals surface area contributed by atoms with Crippen LogP contribution in [-0.4, -0.2) is 25.1 Å². The average molecular weight is 364 g/mol. The van der Waals surface area contributed by atoms with Gasteiger partial charge in [0.2, 0.25) is 5.91 Å². The fraction of sp³-hybridized carbons (Fsp3) is 0.435. The van der Waals surface area contributed by atoms with Gasteiger partial charge in [0.25, 0.3) is 0 Å². The highest BCUT2D eigenvalue weighted by molar-refractivity contribution is 5.72. The van der Waals surface area contributed by atoms with E-state index in [4.69, 9.17) is 4.74 Å². The molecule has 0 unspecified atom stereocenters. The van der Waals surface area contributed by atoms with Crippen LogP contribution in [0, 0.1) is 0 Å². The molecule has 1 heterocycles. The second kappa shape index (κ2) is 8.03. The van der Waals surface area contributed by atoms with Crippen molar-refractivity contribution in [1.29, 1.82) is 0 Å². The average Bonchev–Trinajstić information content (AvgIpc) is 3.52. The van der Waals surface area contributed by atoms with Crippen LogP contribution in [0.2, 0.25) is 0 Å². The van der Waals surface area contributed by atoms with Gasteiger partial charge in [0, 0.05) is 32.2 Å². The molecule has 2 aromatic carbocycles. The van der Waals surface area contributed by atoms with E-state index in [1.165, 1.54) is 36.9 Å². The molecule has 1 amide bonds. The van der Waals surface area contributed by atoms with E-state index < -0.39 is 0 Å². The van der Waals surface area contributed by atoms with Gasteiger partial charge in [-0.05, 0) is 67.0 Å². The molecule has 2 aromatic rings. The number of carbonyl (C=O) groups excluding carboxylic acids is 1. The summed E-state index contributed by atoms with van der Waals surface area (Å²) in [4.78, 5) is 13.5. The van der Waals surface area contributed by atoms with E-state index in [2.05, 4.69) is 58.7 Å². The zero-order valence-electron chi connectivity index (χ0n) is 16.0. The molecule has 0 atom stereocenters. The van der Waals surface area contributed by atoms with Gasteiger partial charge in [0.05, 0.1) is 6.10 Å². The van der Waals surface area contributed by atoms with Crippen LogP contribution in [0.3, 0.4) is 0 Å². The molecule has 1 saturated carbocycles. The number of nitrogens with one attached hydrogen (secondary N) is 1. The maximum absolute atomic E-state index is 11.0. The quantitative estimate of drug-likeness (QED) is 0.833. The highest BCUT2D eigenvalue weighted by Crippen LogP contribution is 2.32. The monoisotopic (exact) mass is 364 g/mol. The molecule has 1 aliphatic carbocycles. The number of anilines is 1. The van der Waals surface area contributed by atoms with E-state index in [0.29, 0.717) is 18.6 Å². The van der Waals surface area contributed by atoms with Gasteiger partial charge in [-0.3, -0.25) is 4.79 Å². The molecule has 4 rings (SSSR count). The number of ether oxygens (including phenoxy) is 1. The minimum Gasteiger partial charge on any atom is -0.490 e. The van der Waals surface area contributed by atoms with Crippen LogP contribution in [-0.2, 0) is 11.3 Å². The van der Waals surface area contributed by atoms with Gasteiger partial charge in [-0.1, -0.05) is 24.3 Å². The van der Waals surface area contributed by atoms with Gasteiger partial charge in [0.1, 0.15) is 5.75 Å². The summed E-state index contributed by atoms with van der Waals surface area (Å²) in [5.74, 6) is 1.63. The van der Waals surface area contributed by atoms with E-state index in [1.54, 1.807) is 6.92 Å². The lowest BCUT2D eigenvalue weighted by molar-refractivity contribution is -0.119. The molecule has 1 saturated heterocycles. The maximum atomic E-state index is 11.0. The van der Waals surface area contributed by atoms with Crippen LogP contribution in [0.15, 0.2) is 48.5 Å². The van der Waals surface area contributed by atoms with Gasteiger partial charge in [-0.15, -0.1) is 0 Å². The van der Waals surface area contributed by atoms with E-state index in [0.717, 1.165) is 24.4 Å². The molecule has 27 heavy (non-hydrogen) atoms. The van der Waals surface area contributed by atoms with Crippen molar-refractivity contribution in [3.63, 3.8) is 0 Å². The fourth-order valence-electron chi connectivity index (χ4n) is 3.72. The van der Waals surface area contributed by atoms with E-state index in [9.17, 15) is 4.79 Å². The third-order valence-electron chi connectivity index (χ3n) is 5.52. The molecule has 142 valence electrons. The molecular weight excluding hydrogens is 336 g/mol. The summed E-state index contributed by atoms with van der Waals surface area (Å²) < 4.78 is 5.84. The van der Waals surface area contributed by atoms with Gasteiger partial charge < -0.3 is 15.0 Å². The number of hydrogen-bond acceptors (Lipinski definition) is 3. The van der Waals surface area contributed by atoms with Crippen molar-refractivity contribution in [3.8, 4) is 5.75 Å². The zero-order chi connectivity index (χ0) is 18.6. The van der Waals surface area contributed by atoms with Crippen LogP contribution in [0.5, 0.6) is 5.75 Å². The summed E-state index contributed by atoms with van der Waals surface area (Å²) in [6.07, 6.45) is 5.19. The maximum Gasteiger partial charge on any atom is 0.217 e. The third-order valence-corrected chi connectivity index (χ3v) is 5.52. The van der Waals surface area contributed by atoms with Gasteiger partial charge in [-0.2, -0.15) is 0 Å². The molecule has 0 radical (unpaired) electrons. The van der Waals surface area contributed by atoms with Crippen LogP contribution < -0.4 is 15.0 Å². The van der Waals surface area contributed by atoms with E-state index in [-0.39, 0.29) is 5.91 Å². The summed E-state index contributed by atoms with van der Waals surface area (Å²) in [5.41, 5.74) is 3.86. The van der Waals surface area contributed by atoms with Crippen molar-refractivity contribution in [2.45, 2.75) is 51.2 Å². The Morgan fingerprint density at radius 1 is 1.00 bits per heavy atom. The van der Waals surface area contributed by atoms with Gasteiger partial charge >= 0.3 is 0 Å². The standard InChI is InChI=1S/C23H28N2O2/c1-17(26)24-16-18-2-4-19(5-3-18)20-12-14-25(15-13-20)21-6-8-22(9-7-21)27-23-10-11-23/h2-9,20,23H,10-16H2,1H3,(H,24,26). The Hall–Kier alpha value is -2.49. The normalized spacial score (nSPS) is 17.6. The highest BCUT2D eigenvalue weighted by Gasteiger charge is 2.24. The number of hydrogen-bond donors (Lipinski definition) is 1. The lowest BCUT2D eigenvalue weighted by atomic mass is 9.89. The molecule has 0 bridgehead atoms. The molecule has 4 heteroatoms. The number of rotatable bonds is 6. The largest absolute Gasteiger partial charge is 0.490 e. The third kappa shape index (κ3) is 4.82. The Kier molecular flexibility index (Phi) is 5.33. The molecule has 4 nitrogen and oxygen atoms in total. The zero-order valence-corrected chi connectivity index (χ0v) is 16.0. The Labute approximate surface area is 161 Å². The Bertz CT molecular complexity index is 758. The van der Waals surface area contributed by atoms with E-state index >= 15 is 0 Å². The molecule has 2 fully saturated rings. The Balaban J connectivity index is 1.29. The number of benzene rings is 2. The fourth-order valence-corrected chi connectivity index (χ4v) is 3.72. The summed E-state index contributed by atoms with van der Waals surface area (Å²) >= 11 is 0. The first kappa shape index (κ1) is 17.9. The van der Waals surface area contributed by atoms with Gasteiger partial charge in [-0.25, -0.2) is 0 Å². The van der Waals surface area contributed by atoms with Crippen molar-refractivity contribution in [3.05, 3.63) is 59.7 Å². The van der Waals surface area contributed by atoms with Crippen molar-refractivity contribution >= 4 is 11.6 Å². The summed E-state index contributed by atoms with van der Waals surface area (Å²) in [7, 11) is 0. The molecule has 1 N–H and O–H groups in total. The van der Waals surface area contributed by atoms with Crippen LogP contribution in [0.25, 0.3) is 0 Å². The first-order chi connectivity index (χ1) is 13.2. The molecule has 1 aliphatic heterocycles. The number of amides is 1. The number of piperidine rings is 1. The van der Waals surface area contributed by atoms with Crippen LogP contribution in [0.1, 0.15) is 49.7 Å². The minimum atomic E-state index is 0.0126. The second-order valence-electron chi connectivity index (χ2n) is 7.72. The highest BCUT2D eigenvalue weighted by atomic mass is 16.5. The van der Waals surface area contributed by atoms with Crippen LogP contribution in [0.4, 0.5) is 5.69 Å². The number of carbonyl (C=O) groups is 1. The summed E-state index contributed by atoms with van der Waals surface area (Å²) in [6.45, 7) is 4.33. The summed E-state index contributed by atoms with van der Waals surface area (Å²) in [6, 6.07) is 17.3. The topological polar surface area (TPSA) is 41.6 Å². The lowest BCUT2D eigenvalue weighted by Gasteiger charge is -2.34. The first-order valence-corrected chi connectivity index (χ1v) is 10.0. The van der Waals surface area contributed by atoms with Crippen molar-refractivity contribution in [1.82, 2.24) is 5.32 Å². The number of nitrogens with zero attached hydrogens (tertiary/aromatic N) is 1. The predicted molar refractivity (Wildman–Crippen MR) is 108 cm³/mol. The molecule has 0 aromatic heterocycles.